The third-order valence-electron chi connectivity index (χ3n) is 5.41. The molecule has 1 aliphatic rings. The second-order valence-corrected chi connectivity index (χ2v) is 8.83. The van der Waals surface area contributed by atoms with Crippen molar-refractivity contribution >= 4 is 12.0 Å². The Labute approximate surface area is 196 Å². The molecule has 0 unspecified atom stereocenters. The molecule has 10 heteroatoms. The lowest BCUT2D eigenvalue weighted by Gasteiger charge is -2.38. The van der Waals surface area contributed by atoms with Crippen LogP contribution in [0.5, 0.6) is 0 Å². The highest BCUT2D eigenvalue weighted by Crippen LogP contribution is 2.36. The molecule has 0 aliphatic carbocycles. The van der Waals surface area contributed by atoms with Gasteiger partial charge in [-0.2, -0.15) is 10.1 Å². The Morgan fingerprint density at radius 1 is 1.18 bits per heavy atom. The molecule has 4 rings (SSSR count). The van der Waals surface area contributed by atoms with Gasteiger partial charge in [0, 0.05) is 24.6 Å². The molecule has 1 aromatic carbocycles. The minimum absolute atomic E-state index is 0.106. The van der Waals surface area contributed by atoms with Gasteiger partial charge in [-0.15, -0.1) is 0 Å². The number of aromatic amines is 1. The van der Waals surface area contributed by atoms with E-state index in [1.54, 1.807) is 33.0 Å². The Bertz CT molecular complexity index is 1230. The molecule has 1 saturated heterocycles. The zero-order chi connectivity index (χ0) is 24.5. The zero-order valence-electron chi connectivity index (χ0n) is 19.8. The number of hydrogen-bond donors (Lipinski definition) is 2. The average molecular weight is 470 g/mol. The Balaban J connectivity index is 1.73. The van der Waals surface area contributed by atoms with Crippen LogP contribution < -0.4 is 11.1 Å². The molecule has 0 spiro atoms. The van der Waals surface area contributed by atoms with Gasteiger partial charge in [-0.05, 0) is 44.0 Å². The maximum absolute atomic E-state index is 13.6. The van der Waals surface area contributed by atoms with Crippen molar-refractivity contribution in [3.8, 4) is 11.3 Å². The number of benzene rings is 1. The van der Waals surface area contributed by atoms with Gasteiger partial charge in [0.05, 0.1) is 17.5 Å². The standard InChI is InChI=1S/C24H28FN5O4/c1-13(2)19-17(20(28-22(26-5)27-19)14-6-8-15(25)9-7-14)11-10-16-12-18(33-24(3,4)32-16)21-29-23(31)34-30-21/h6-11,13,16,18H,12H2,1-5H3,(H,26,27,28)(H,29,30,31)/b11-10+/t16-,18-/m1/s1. The number of hydrogen-bond acceptors (Lipinski definition) is 8. The number of nitrogens with zero attached hydrogens (tertiary/aromatic N) is 3. The summed E-state index contributed by atoms with van der Waals surface area (Å²) in [6.45, 7) is 7.70. The van der Waals surface area contributed by atoms with Gasteiger partial charge in [0.25, 0.3) is 0 Å². The predicted octanol–water partition coefficient (Wildman–Crippen LogP) is 4.42. The van der Waals surface area contributed by atoms with Crippen LogP contribution in [0, 0.1) is 5.82 Å². The molecule has 0 radical (unpaired) electrons. The summed E-state index contributed by atoms with van der Waals surface area (Å²) in [6, 6.07) is 6.21. The summed E-state index contributed by atoms with van der Waals surface area (Å²) in [5.74, 6) is -1.03. The molecule has 2 aromatic heterocycles. The fourth-order valence-corrected chi connectivity index (χ4v) is 3.94. The van der Waals surface area contributed by atoms with E-state index in [0.29, 0.717) is 23.9 Å². The number of anilines is 1. The number of rotatable bonds is 6. The van der Waals surface area contributed by atoms with Crippen LogP contribution in [0.25, 0.3) is 17.3 Å². The molecule has 1 aliphatic heterocycles. The van der Waals surface area contributed by atoms with Gasteiger partial charge < -0.3 is 19.3 Å². The van der Waals surface area contributed by atoms with Gasteiger partial charge >= 0.3 is 5.76 Å². The largest absolute Gasteiger partial charge is 0.459 e. The van der Waals surface area contributed by atoms with Crippen LogP contribution in [0.3, 0.4) is 0 Å². The molecule has 2 atom stereocenters. The minimum Gasteiger partial charge on any atom is -0.357 e. The quantitative estimate of drug-likeness (QED) is 0.545. The number of halogens is 1. The second kappa shape index (κ2) is 9.47. The average Bonchev–Trinajstić information content (AvgIpc) is 3.23. The molecular formula is C24H28FN5O4. The summed E-state index contributed by atoms with van der Waals surface area (Å²) in [5, 5.41) is 5.53. The molecule has 1 fully saturated rings. The van der Waals surface area contributed by atoms with E-state index in [1.165, 1.54) is 12.1 Å². The Morgan fingerprint density at radius 3 is 2.53 bits per heavy atom. The maximum Gasteiger partial charge on any atom is 0.459 e. The third-order valence-corrected chi connectivity index (χ3v) is 5.41. The smallest absolute Gasteiger partial charge is 0.357 e. The summed E-state index contributed by atoms with van der Waals surface area (Å²) >= 11 is 0. The van der Waals surface area contributed by atoms with Gasteiger partial charge in [0.15, 0.2) is 11.6 Å². The lowest BCUT2D eigenvalue weighted by Crippen LogP contribution is -2.40. The first-order valence-corrected chi connectivity index (χ1v) is 11.1. The van der Waals surface area contributed by atoms with E-state index in [9.17, 15) is 9.18 Å². The normalized spacial score (nSPS) is 20.2. The van der Waals surface area contributed by atoms with Crippen molar-refractivity contribution in [3.05, 3.63) is 63.8 Å². The molecule has 3 aromatic rings. The van der Waals surface area contributed by atoms with Gasteiger partial charge in [0.2, 0.25) is 5.95 Å². The summed E-state index contributed by atoms with van der Waals surface area (Å²) in [7, 11) is 1.76. The summed E-state index contributed by atoms with van der Waals surface area (Å²) < 4.78 is 30.3. The van der Waals surface area contributed by atoms with E-state index in [0.717, 1.165) is 16.8 Å². The molecule has 2 N–H and O–H groups in total. The van der Waals surface area contributed by atoms with Crippen molar-refractivity contribution in [1.82, 2.24) is 20.1 Å². The molecule has 180 valence electrons. The van der Waals surface area contributed by atoms with Crippen LogP contribution in [0.4, 0.5) is 10.3 Å². The topological polar surface area (TPSA) is 115 Å². The molecule has 0 bridgehead atoms. The first-order chi connectivity index (χ1) is 16.1. The van der Waals surface area contributed by atoms with E-state index in [4.69, 9.17) is 14.0 Å². The van der Waals surface area contributed by atoms with Gasteiger partial charge in [-0.1, -0.05) is 26.0 Å². The van der Waals surface area contributed by atoms with Crippen LogP contribution in [0.1, 0.15) is 63.2 Å². The highest BCUT2D eigenvalue weighted by molar-refractivity contribution is 5.74. The van der Waals surface area contributed by atoms with Gasteiger partial charge in [-0.3, -0.25) is 0 Å². The van der Waals surface area contributed by atoms with E-state index < -0.39 is 17.6 Å². The molecule has 0 amide bonds. The van der Waals surface area contributed by atoms with Crippen LogP contribution in [0.2, 0.25) is 0 Å². The SMILES string of the molecule is CNc1nc(-c2ccc(F)cc2)c(/C=C/[C@@H]2C[C@H](c3nc(=O)o[nH]3)OC(C)(C)O2)c(C(C)C)n1. The first kappa shape index (κ1) is 23.8. The van der Waals surface area contributed by atoms with Crippen LogP contribution in [-0.2, 0) is 9.47 Å². The monoisotopic (exact) mass is 469 g/mol. The minimum atomic E-state index is -0.916. The maximum atomic E-state index is 13.6. The lowest BCUT2D eigenvalue weighted by molar-refractivity contribution is -0.294. The van der Waals surface area contributed by atoms with Crippen molar-refractivity contribution in [2.45, 2.75) is 58.0 Å². The van der Waals surface area contributed by atoms with Crippen molar-refractivity contribution in [3.63, 3.8) is 0 Å². The summed E-state index contributed by atoms with van der Waals surface area (Å²) in [4.78, 5) is 24.6. The van der Waals surface area contributed by atoms with Gasteiger partial charge in [0.1, 0.15) is 11.9 Å². The second-order valence-electron chi connectivity index (χ2n) is 8.83. The van der Waals surface area contributed by atoms with Crippen molar-refractivity contribution < 1.29 is 18.4 Å². The van der Waals surface area contributed by atoms with Crippen molar-refractivity contribution in [1.29, 1.82) is 0 Å². The number of aromatic nitrogens is 4. The van der Waals surface area contributed by atoms with Crippen LogP contribution in [0.15, 0.2) is 39.7 Å². The fourth-order valence-electron chi connectivity index (χ4n) is 3.94. The van der Waals surface area contributed by atoms with Crippen molar-refractivity contribution in [2.75, 3.05) is 12.4 Å². The predicted molar refractivity (Wildman–Crippen MR) is 125 cm³/mol. The lowest BCUT2D eigenvalue weighted by atomic mass is 9.97. The van der Waals surface area contributed by atoms with E-state index in [1.807, 2.05) is 12.2 Å². The zero-order valence-corrected chi connectivity index (χ0v) is 19.8. The highest BCUT2D eigenvalue weighted by atomic mass is 19.1. The highest BCUT2D eigenvalue weighted by Gasteiger charge is 2.37. The molecule has 0 saturated carbocycles. The van der Waals surface area contributed by atoms with Crippen LogP contribution >= 0.6 is 0 Å². The summed E-state index contributed by atoms with van der Waals surface area (Å²) in [6.07, 6.45) is 3.42. The van der Waals surface area contributed by atoms with E-state index in [-0.39, 0.29) is 17.8 Å². The number of H-pyrrole nitrogens is 1. The van der Waals surface area contributed by atoms with Crippen LogP contribution in [-0.4, -0.2) is 39.0 Å². The fraction of sp³-hybridized carbons (Fsp3) is 0.417. The van der Waals surface area contributed by atoms with E-state index >= 15 is 0 Å². The van der Waals surface area contributed by atoms with E-state index in [2.05, 4.69) is 39.3 Å². The summed E-state index contributed by atoms with van der Waals surface area (Å²) in [5.41, 5.74) is 3.12. The third kappa shape index (κ3) is 5.23. The molecular weight excluding hydrogens is 441 g/mol. The Hall–Kier alpha value is -3.37. The number of ether oxygens (including phenoxy) is 2. The Kier molecular flexibility index (Phi) is 6.63. The van der Waals surface area contributed by atoms with Crippen molar-refractivity contribution in [2.24, 2.45) is 0 Å². The molecule has 9 nitrogen and oxygen atoms in total. The molecule has 3 heterocycles. The van der Waals surface area contributed by atoms with Gasteiger partial charge in [-0.25, -0.2) is 19.2 Å². The first-order valence-electron chi connectivity index (χ1n) is 11.1. The number of nitrogens with one attached hydrogen (secondary N) is 2. The Morgan fingerprint density at radius 2 is 1.91 bits per heavy atom. The molecule has 34 heavy (non-hydrogen) atoms.